The second-order valence-electron chi connectivity index (χ2n) is 3.48. The topological polar surface area (TPSA) is 38.3 Å². The van der Waals surface area contributed by atoms with Crippen LogP contribution in [0.5, 0.6) is 5.75 Å². The van der Waals surface area contributed by atoms with Gasteiger partial charge in [0.25, 0.3) is 0 Å². The summed E-state index contributed by atoms with van der Waals surface area (Å²) in [6, 6.07) is 11.8. The van der Waals surface area contributed by atoms with E-state index in [1.807, 2.05) is 0 Å². The molecule has 2 aromatic rings. The van der Waals surface area contributed by atoms with Gasteiger partial charge < -0.3 is 4.74 Å². The first kappa shape index (κ1) is 12.4. The predicted molar refractivity (Wildman–Crippen MR) is 67.5 cm³/mol. The summed E-state index contributed by atoms with van der Waals surface area (Å²) in [6.45, 7) is 0. The smallest absolute Gasteiger partial charge is 0.410 e. The van der Waals surface area contributed by atoms with E-state index < -0.39 is 11.9 Å². The SMILES string of the molecule is O=C(Nc1cccc(Cl)c1)Oc1ccc(F)cc1. The first-order valence-corrected chi connectivity index (χ1v) is 5.51. The highest BCUT2D eigenvalue weighted by Gasteiger charge is 2.05. The molecule has 0 spiro atoms. The van der Waals surface area contributed by atoms with Crippen molar-refractivity contribution in [1.82, 2.24) is 0 Å². The first-order valence-electron chi connectivity index (χ1n) is 5.13. The molecule has 0 saturated heterocycles. The number of anilines is 1. The number of rotatable bonds is 2. The fourth-order valence-electron chi connectivity index (χ4n) is 1.32. The molecule has 92 valence electrons. The van der Waals surface area contributed by atoms with Crippen LogP contribution in [-0.4, -0.2) is 6.09 Å². The Hall–Kier alpha value is -2.07. The largest absolute Gasteiger partial charge is 0.417 e. The van der Waals surface area contributed by atoms with Gasteiger partial charge in [-0.1, -0.05) is 17.7 Å². The lowest BCUT2D eigenvalue weighted by Gasteiger charge is -2.06. The third kappa shape index (κ3) is 3.46. The Kier molecular flexibility index (Phi) is 3.79. The Morgan fingerprint density at radius 3 is 2.56 bits per heavy atom. The number of benzene rings is 2. The van der Waals surface area contributed by atoms with Gasteiger partial charge in [-0.15, -0.1) is 0 Å². The van der Waals surface area contributed by atoms with Crippen LogP contribution in [0.15, 0.2) is 48.5 Å². The van der Waals surface area contributed by atoms with E-state index in [0.29, 0.717) is 10.7 Å². The van der Waals surface area contributed by atoms with Crippen molar-refractivity contribution in [3.8, 4) is 5.75 Å². The number of halogens is 2. The van der Waals surface area contributed by atoms with E-state index in [0.717, 1.165) is 0 Å². The molecule has 0 aliphatic rings. The van der Waals surface area contributed by atoms with Gasteiger partial charge in [-0.3, -0.25) is 5.32 Å². The van der Waals surface area contributed by atoms with Crippen LogP contribution < -0.4 is 10.1 Å². The molecule has 0 bridgehead atoms. The van der Waals surface area contributed by atoms with E-state index >= 15 is 0 Å². The average Bonchev–Trinajstić information content (AvgIpc) is 2.32. The van der Waals surface area contributed by atoms with Crippen molar-refractivity contribution in [1.29, 1.82) is 0 Å². The standard InChI is InChI=1S/C13H9ClFNO2/c14-9-2-1-3-11(8-9)16-13(17)18-12-6-4-10(15)5-7-12/h1-8H,(H,16,17). The van der Waals surface area contributed by atoms with Crippen molar-refractivity contribution >= 4 is 23.4 Å². The van der Waals surface area contributed by atoms with Gasteiger partial charge in [0.05, 0.1) is 0 Å². The van der Waals surface area contributed by atoms with Gasteiger partial charge in [-0.2, -0.15) is 0 Å². The van der Waals surface area contributed by atoms with Crippen molar-refractivity contribution in [2.75, 3.05) is 5.32 Å². The van der Waals surface area contributed by atoms with Crippen LogP contribution in [0.1, 0.15) is 0 Å². The van der Waals surface area contributed by atoms with Gasteiger partial charge in [0, 0.05) is 10.7 Å². The Morgan fingerprint density at radius 2 is 1.89 bits per heavy atom. The number of carbonyl (C=O) groups is 1. The maximum absolute atomic E-state index is 12.6. The van der Waals surface area contributed by atoms with Crippen LogP contribution in [0, 0.1) is 5.82 Å². The molecule has 0 radical (unpaired) electrons. The molecular weight excluding hydrogens is 257 g/mol. The van der Waals surface area contributed by atoms with Crippen molar-refractivity contribution < 1.29 is 13.9 Å². The van der Waals surface area contributed by atoms with E-state index in [-0.39, 0.29) is 5.75 Å². The molecule has 0 aromatic heterocycles. The molecule has 3 nitrogen and oxygen atoms in total. The molecule has 0 unspecified atom stereocenters. The van der Waals surface area contributed by atoms with Crippen LogP contribution >= 0.6 is 11.6 Å². The van der Waals surface area contributed by atoms with E-state index in [9.17, 15) is 9.18 Å². The third-order valence-corrected chi connectivity index (χ3v) is 2.33. The van der Waals surface area contributed by atoms with Crippen molar-refractivity contribution in [3.63, 3.8) is 0 Å². The van der Waals surface area contributed by atoms with Gasteiger partial charge in [0.15, 0.2) is 0 Å². The zero-order chi connectivity index (χ0) is 13.0. The van der Waals surface area contributed by atoms with Crippen molar-refractivity contribution in [2.24, 2.45) is 0 Å². The minimum atomic E-state index is -0.663. The molecular formula is C13H9ClFNO2. The Morgan fingerprint density at radius 1 is 1.17 bits per heavy atom. The second-order valence-corrected chi connectivity index (χ2v) is 3.92. The van der Waals surface area contributed by atoms with Gasteiger partial charge in [0.1, 0.15) is 11.6 Å². The minimum Gasteiger partial charge on any atom is -0.410 e. The summed E-state index contributed by atoms with van der Waals surface area (Å²) in [5.41, 5.74) is 0.523. The molecule has 0 saturated carbocycles. The highest BCUT2D eigenvalue weighted by Crippen LogP contribution is 2.16. The molecule has 0 aliphatic carbocycles. The summed E-state index contributed by atoms with van der Waals surface area (Å²) in [7, 11) is 0. The molecule has 0 aliphatic heterocycles. The third-order valence-electron chi connectivity index (χ3n) is 2.10. The quantitative estimate of drug-likeness (QED) is 0.888. The Bertz CT molecular complexity index is 557. The maximum Gasteiger partial charge on any atom is 0.417 e. The number of hydrogen-bond acceptors (Lipinski definition) is 2. The lowest BCUT2D eigenvalue weighted by atomic mass is 10.3. The van der Waals surface area contributed by atoms with Crippen LogP contribution in [0.4, 0.5) is 14.9 Å². The summed E-state index contributed by atoms with van der Waals surface area (Å²) in [5, 5.41) is 3.02. The summed E-state index contributed by atoms with van der Waals surface area (Å²) in [4.78, 5) is 11.5. The molecule has 2 aromatic carbocycles. The lowest BCUT2D eigenvalue weighted by molar-refractivity contribution is 0.215. The van der Waals surface area contributed by atoms with E-state index in [1.54, 1.807) is 24.3 Å². The molecule has 2 rings (SSSR count). The maximum atomic E-state index is 12.6. The van der Waals surface area contributed by atoms with Crippen LogP contribution in [0.2, 0.25) is 5.02 Å². The lowest BCUT2D eigenvalue weighted by Crippen LogP contribution is -2.16. The summed E-state index contributed by atoms with van der Waals surface area (Å²) >= 11 is 5.77. The molecule has 1 amide bonds. The number of amides is 1. The van der Waals surface area contributed by atoms with Gasteiger partial charge in [-0.25, -0.2) is 9.18 Å². The molecule has 0 heterocycles. The van der Waals surface area contributed by atoms with E-state index in [1.165, 1.54) is 24.3 Å². The number of nitrogens with one attached hydrogen (secondary N) is 1. The summed E-state index contributed by atoms with van der Waals surface area (Å²) < 4.78 is 17.6. The second kappa shape index (κ2) is 5.51. The highest BCUT2D eigenvalue weighted by molar-refractivity contribution is 6.30. The van der Waals surface area contributed by atoms with Gasteiger partial charge in [0.2, 0.25) is 0 Å². The van der Waals surface area contributed by atoms with Crippen LogP contribution in [0.25, 0.3) is 0 Å². The molecule has 5 heteroatoms. The summed E-state index contributed by atoms with van der Waals surface area (Å²) in [6.07, 6.45) is -0.663. The van der Waals surface area contributed by atoms with Crippen LogP contribution in [0.3, 0.4) is 0 Å². The average molecular weight is 266 g/mol. The van der Waals surface area contributed by atoms with Gasteiger partial charge >= 0.3 is 6.09 Å². The minimum absolute atomic E-state index is 0.260. The zero-order valence-corrected chi connectivity index (χ0v) is 9.95. The normalized spacial score (nSPS) is 9.89. The van der Waals surface area contributed by atoms with Gasteiger partial charge in [-0.05, 0) is 42.5 Å². The number of ether oxygens (including phenoxy) is 1. The molecule has 1 N–H and O–H groups in total. The van der Waals surface area contributed by atoms with E-state index in [4.69, 9.17) is 16.3 Å². The van der Waals surface area contributed by atoms with Crippen molar-refractivity contribution in [3.05, 3.63) is 59.4 Å². The fourth-order valence-corrected chi connectivity index (χ4v) is 1.51. The first-order chi connectivity index (χ1) is 8.63. The number of hydrogen-bond donors (Lipinski definition) is 1. The zero-order valence-electron chi connectivity index (χ0n) is 9.19. The molecule has 0 fully saturated rings. The fraction of sp³-hybridized carbons (Fsp3) is 0. The van der Waals surface area contributed by atoms with Crippen molar-refractivity contribution in [2.45, 2.75) is 0 Å². The Labute approximate surface area is 108 Å². The van der Waals surface area contributed by atoms with E-state index in [2.05, 4.69) is 5.32 Å². The predicted octanol–water partition coefficient (Wildman–Crippen LogP) is 4.09. The number of carbonyl (C=O) groups excluding carboxylic acids is 1. The molecule has 0 atom stereocenters. The van der Waals surface area contributed by atoms with Crippen LogP contribution in [-0.2, 0) is 0 Å². The summed E-state index contributed by atoms with van der Waals surface area (Å²) in [5.74, 6) is -0.131. The Balaban J connectivity index is 1.98. The molecule has 18 heavy (non-hydrogen) atoms. The monoisotopic (exact) mass is 265 g/mol. The highest BCUT2D eigenvalue weighted by atomic mass is 35.5.